The summed E-state index contributed by atoms with van der Waals surface area (Å²) in [5.41, 5.74) is 4.36. The Kier molecular flexibility index (Phi) is 6.07. The van der Waals surface area contributed by atoms with Crippen LogP contribution in [0.2, 0.25) is 0 Å². The molecular formula is C4H7BF3KN4S. The van der Waals surface area contributed by atoms with Crippen molar-refractivity contribution in [2.24, 2.45) is 7.05 Å². The Morgan fingerprint density at radius 2 is 2.00 bits per heavy atom. The molecule has 0 radical (unpaired) electrons. The summed E-state index contributed by atoms with van der Waals surface area (Å²) in [6.45, 7) is -4.79. The zero-order valence-electron chi connectivity index (χ0n) is 7.75. The van der Waals surface area contributed by atoms with Gasteiger partial charge >= 0.3 is 58.4 Å². The molecule has 10 heteroatoms. The monoisotopic (exact) mass is 250 g/mol. The van der Waals surface area contributed by atoms with Crippen LogP contribution in [0.25, 0.3) is 0 Å². The van der Waals surface area contributed by atoms with E-state index in [9.17, 15) is 12.9 Å². The molecule has 4 nitrogen and oxygen atoms in total. The van der Waals surface area contributed by atoms with Crippen LogP contribution in [0.3, 0.4) is 0 Å². The minimum absolute atomic E-state index is 0. The van der Waals surface area contributed by atoms with Crippen LogP contribution in [0.5, 0.6) is 0 Å². The van der Waals surface area contributed by atoms with Crippen molar-refractivity contribution in [2.75, 3.05) is 11.4 Å². The summed E-state index contributed by atoms with van der Waals surface area (Å²) in [5, 5.41) is 7.08. The van der Waals surface area contributed by atoms with Crippen LogP contribution in [-0.4, -0.2) is 27.4 Å². The van der Waals surface area contributed by atoms with Crippen LogP contribution in [0.4, 0.5) is 18.9 Å². The second-order valence-electron chi connectivity index (χ2n) is 2.42. The zero-order valence-corrected chi connectivity index (χ0v) is 11.7. The molecule has 0 saturated heterocycles. The minimum Gasteiger partial charge on any atom is -0.448 e. The molecule has 0 amide bonds. The maximum atomic E-state index is 11.8. The first-order valence-electron chi connectivity index (χ1n) is 3.39. The minimum atomic E-state index is -4.79. The van der Waals surface area contributed by atoms with Crippen molar-refractivity contribution in [3.05, 3.63) is 0 Å². The van der Waals surface area contributed by atoms with E-state index in [2.05, 4.69) is 10.2 Å². The average Bonchev–Trinajstić information content (AvgIpc) is 2.29. The first-order valence-corrected chi connectivity index (χ1v) is 4.37. The number of anilines is 1. The van der Waals surface area contributed by atoms with Gasteiger partial charge in [0.15, 0.2) is 5.16 Å². The van der Waals surface area contributed by atoms with Gasteiger partial charge < -0.3 is 18.7 Å². The van der Waals surface area contributed by atoms with Gasteiger partial charge in [-0.3, -0.25) is 4.57 Å². The number of nitrogens with two attached hydrogens (primary N) is 1. The molecule has 0 spiro atoms. The maximum absolute atomic E-state index is 11.8. The number of rotatable bonds is 3. The van der Waals surface area contributed by atoms with E-state index in [0.717, 1.165) is 0 Å². The van der Waals surface area contributed by atoms with E-state index in [1.165, 1.54) is 11.6 Å². The van der Waals surface area contributed by atoms with Gasteiger partial charge in [-0.25, -0.2) is 0 Å². The molecule has 0 aliphatic rings. The summed E-state index contributed by atoms with van der Waals surface area (Å²) in [6.07, 6.45) is 0. The Morgan fingerprint density at radius 3 is 2.36 bits per heavy atom. The van der Waals surface area contributed by atoms with E-state index in [1.807, 2.05) is 0 Å². The molecule has 0 aliphatic carbocycles. The third-order valence-electron chi connectivity index (χ3n) is 1.27. The molecule has 1 aromatic rings. The molecule has 0 unspecified atom stereocenters. The summed E-state index contributed by atoms with van der Waals surface area (Å²) in [5.74, 6) is 0.108. The van der Waals surface area contributed by atoms with Gasteiger partial charge in [0.05, 0.1) is 0 Å². The molecule has 0 atom stereocenters. The summed E-state index contributed by atoms with van der Waals surface area (Å²) in [4.78, 5) is 0. The fraction of sp³-hybridized carbons (Fsp3) is 0.500. The van der Waals surface area contributed by atoms with Crippen LogP contribution in [0.1, 0.15) is 0 Å². The predicted molar refractivity (Wildman–Crippen MR) is 45.2 cm³/mol. The third-order valence-corrected chi connectivity index (χ3v) is 2.43. The first kappa shape index (κ1) is 14.8. The van der Waals surface area contributed by atoms with Gasteiger partial charge in [-0.15, -0.1) is 22.0 Å². The van der Waals surface area contributed by atoms with E-state index in [-0.39, 0.29) is 62.5 Å². The molecular weight excluding hydrogens is 243 g/mol. The fourth-order valence-corrected chi connectivity index (χ4v) is 1.34. The van der Waals surface area contributed by atoms with Crippen LogP contribution in [0, 0.1) is 0 Å². The Balaban J connectivity index is 0.00000169. The number of halogens is 3. The third kappa shape index (κ3) is 4.53. The molecule has 0 saturated carbocycles. The van der Waals surface area contributed by atoms with E-state index < -0.39 is 12.6 Å². The second kappa shape index (κ2) is 5.75. The number of aromatic nitrogens is 3. The fourth-order valence-electron chi connectivity index (χ4n) is 0.621. The van der Waals surface area contributed by atoms with Gasteiger partial charge in [-0.2, -0.15) is 0 Å². The summed E-state index contributed by atoms with van der Waals surface area (Å²) in [7, 11) is 1.51. The average molecular weight is 250 g/mol. The van der Waals surface area contributed by atoms with Crippen molar-refractivity contribution in [1.29, 1.82) is 0 Å². The van der Waals surface area contributed by atoms with Crippen LogP contribution >= 0.6 is 11.8 Å². The largest absolute Gasteiger partial charge is 1.00 e. The Labute approximate surface area is 126 Å². The van der Waals surface area contributed by atoms with Gasteiger partial charge in [0.2, 0.25) is 5.95 Å². The second-order valence-corrected chi connectivity index (χ2v) is 3.41. The van der Waals surface area contributed by atoms with E-state index in [1.54, 1.807) is 0 Å². The standard InChI is InChI=1S/C4H7BF3N4S.K/c1-12-3(9)10-11-4(12)13-2-5(6,7)8;/h2H2,1H3,(H2,9,10);/q-1;+1. The van der Waals surface area contributed by atoms with Crippen molar-refractivity contribution >= 4 is 24.7 Å². The smallest absolute Gasteiger partial charge is 0.448 e. The number of nitrogens with zero attached hydrogens (tertiary/aromatic N) is 3. The van der Waals surface area contributed by atoms with Gasteiger partial charge in [0.25, 0.3) is 0 Å². The topological polar surface area (TPSA) is 56.7 Å². The van der Waals surface area contributed by atoms with Gasteiger partial charge in [-0.1, -0.05) is 0 Å². The molecule has 0 bridgehead atoms. The van der Waals surface area contributed by atoms with E-state index in [4.69, 9.17) is 5.73 Å². The van der Waals surface area contributed by atoms with Crippen molar-refractivity contribution in [3.8, 4) is 0 Å². The molecule has 1 aromatic heterocycles. The van der Waals surface area contributed by atoms with Crippen molar-refractivity contribution < 1.29 is 64.3 Å². The Bertz CT molecular complexity index is 303. The molecule has 1 heterocycles. The molecule has 74 valence electrons. The zero-order chi connectivity index (χ0) is 10.1. The first-order chi connectivity index (χ1) is 5.90. The van der Waals surface area contributed by atoms with Crippen molar-refractivity contribution in [3.63, 3.8) is 0 Å². The van der Waals surface area contributed by atoms with E-state index >= 15 is 0 Å². The van der Waals surface area contributed by atoms with E-state index in [0.29, 0.717) is 11.8 Å². The molecule has 1 rings (SSSR count). The summed E-state index contributed by atoms with van der Waals surface area (Å²) >= 11 is 0.587. The molecule has 2 N–H and O–H groups in total. The summed E-state index contributed by atoms with van der Waals surface area (Å²) < 4.78 is 36.8. The van der Waals surface area contributed by atoms with Crippen LogP contribution in [-0.2, 0) is 7.05 Å². The van der Waals surface area contributed by atoms with Gasteiger partial charge in [-0.05, 0) is 5.65 Å². The molecule has 0 aliphatic heterocycles. The SMILES string of the molecule is Cn1c(N)nnc1SC[B-](F)(F)F.[K+]. The van der Waals surface area contributed by atoms with Crippen molar-refractivity contribution in [1.82, 2.24) is 14.8 Å². The van der Waals surface area contributed by atoms with Gasteiger partial charge in [0.1, 0.15) is 0 Å². The van der Waals surface area contributed by atoms with Gasteiger partial charge in [0, 0.05) is 7.05 Å². The quantitative estimate of drug-likeness (QED) is 0.492. The maximum Gasteiger partial charge on any atom is 1.00 e. The predicted octanol–water partition coefficient (Wildman–Crippen LogP) is -2.12. The normalized spacial score (nSPS) is 11.1. The molecule has 0 fully saturated rings. The number of hydrogen-bond donors (Lipinski definition) is 1. The Hall–Kier alpha value is 0.781. The number of hydrogen-bond acceptors (Lipinski definition) is 4. The Morgan fingerprint density at radius 1 is 1.43 bits per heavy atom. The van der Waals surface area contributed by atoms with Crippen molar-refractivity contribution in [2.45, 2.75) is 5.16 Å². The number of nitrogen functional groups attached to an aromatic ring is 1. The summed E-state index contributed by atoms with van der Waals surface area (Å²) in [6, 6.07) is 0. The van der Waals surface area contributed by atoms with Crippen LogP contribution in [0.15, 0.2) is 5.16 Å². The molecule has 14 heavy (non-hydrogen) atoms. The molecule has 0 aromatic carbocycles. The number of thioether (sulfide) groups is 1. The van der Waals surface area contributed by atoms with Crippen LogP contribution < -0.4 is 57.1 Å².